The largest absolute Gasteiger partial charge is 0.377 e. The third-order valence-electron chi connectivity index (χ3n) is 3.27. The van der Waals surface area contributed by atoms with E-state index in [1.165, 1.54) is 11.3 Å². The number of hydrogen-bond donors (Lipinski definition) is 1. The molecule has 0 aromatic heterocycles. The Morgan fingerprint density at radius 3 is 2.45 bits per heavy atom. The van der Waals surface area contributed by atoms with Crippen molar-refractivity contribution in [2.75, 3.05) is 24.3 Å². The maximum absolute atomic E-state index is 9.18. The molecule has 1 N–H and O–H groups in total. The van der Waals surface area contributed by atoms with E-state index < -0.39 is 0 Å². The first kappa shape index (κ1) is 14.0. The summed E-state index contributed by atoms with van der Waals surface area (Å²) in [5, 5.41) is 12.5. The molecule has 20 heavy (non-hydrogen) atoms. The number of nitrogens with zero attached hydrogens (tertiary/aromatic N) is 2. The van der Waals surface area contributed by atoms with Gasteiger partial charge in [-0.1, -0.05) is 12.1 Å². The molecule has 0 spiro atoms. The molecule has 0 unspecified atom stereocenters. The van der Waals surface area contributed by atoms with Gasteiger partial charge in [0.15, 0.2) is 0 Å². The van der Waals surface area contributed by atoms with Gasteiger partial charge in [0.25, 0.3) is 0 Å². The number of nitrogens with one attached hydrogen (secondary N) is 1. The number of rotatable bonds is 3. The van der Waals surface area contributed by atoms with Gasteiger partial charge in [-0.2, -0.15) is 5.26 Å². The van der Waals surface area contributed by atoms with Crippen molar-refractivity contribution >= 4 is 17.1 Å². The SMILES string of the molecule is Cc1ccc(C#N)c(Nc2ccc(C)c(N(C)C)c2)c1. The lowest BCUT2D eigenvalue weighted by atomic mass is 10.1. The minimum atomic E-state index is 0.655. The first-order valence-corrected chi connectivity index (χ1v) is 6.57. The molecule has 102 valence electrons. The highest BCUT2D eigenvalue weighted by molar-refractivity contribution is 5.71. The molecule has 0 radical (unpaired) electrons. The maximum Gasteiger partial charge on any atom is 0.101 e. The van der Waals surface area contributed by atoms with Crippen LogP contribution >= 0.6 is 0 Å². The van der Waals surface area contributed by atoms with Crippen LogP contribution in [0.2, 0.25) is 0 Å². The molecule has 0 amide bonds. The normalized spacial score (nSPS) is 9.95. The van der Waals surface area contributed by atoms with Crippen molar-refractivity contribution in [3.05, 3.63) is 53.1 Å². The van der Waals surface area contributed by atoms with Gasteiger partial charge in [-0.05, 0) is 49.2 Å². The Kier molecular flexibility index (Phi) is 3.95. The Labute approximate surface area is 120 Å². The molecule has 0 bridgehead atoms. The number of benzene rings is 2. The second-order valence-corrected chi connectivity index (χ2v) is 5.18. The highest BCUT2D eigenvalue weighted by Gasteiger charge is 2.06. The summed E-state index contributed by atoms with van der Waals surface area (Å²) in [5.74, 6) is 0. The van der Waals surface area contributed by atoms with Gasteiger partial charge in [-0.25, -0.2) is 0 Å². The number of nitriles is 1. The van der Waals surface area contributed by atoms with E-state index in [0.29, 0.717) is 5.56 Å². The topological polar surface area (TPSA) is 39.1 Å². The maximum atomic E-state index is 9.18. The third kappa shape index (κ3) is 2.92. The Balaban J connectivity index is 2.38. The van der Waals surface area contributed by atoms with E-state index in [0.717, 1.165) is 16.9 Å². The lowest BCUT2D eigenvalue weighted by Gasteiger charge is -2.18. The average molecular weight is 265 g/mol. The second-order valence-electron chi connectivity index (χ2n) is 5.18. The van der Waals surface area contributed by atoms with Crippen molar-refractivity contribution in [1.82, 2.24) is 0 Å². The Bertz CT molecular complexity index is 666. The summed E-state index contributed by atoms with van der Waals surface area (Å²) in [6, 6.07) is 14.2. The third-order valence-corrected chi connectivity index (χ3v) is 3.27. The Morgan fingerprint density at radius 1 is 1.05 bits per heavy atom. The first-order chi connectivity index (χ1) is 9.51. The monoisotopic (exact) mass is 265 g/mol. The summed E-state index contributed by atoms with van der Waals surface area (Å²) < 4.78 is 0. The van der Waals surface area contributed by atoms with Crippen LogP contribution in [0.25, 0.3) is 0 Å². The molecule has 0 aliphatic rings. The van der Waals surface area contributed by atoms with Crippen molar-refractivity contribution in [3.63, 3.8) is 0 Å². The van der Waals surface area contributed by atoms with Crippen LogP contribution in [-0.4, -0.2) is 14.1 Å². The quantitative estimate of drug-likeness (QED) is 0.912. The molecular formula is C17H19N3. The smallest absolute Gasteiger partial charge is 0.101 e. The minimum Gasteiger partial charge on any atom is -0.377 e. The molecule has 2 aromatic rings. The summed E-state index contributed by atoms with van der Waals surface area (Å²) in [4.78, 5) is 2.09. The van der Waals surface area contributed by atoms with Crippen LogP contribution in [0.4, 0.5) is 17.1 Å². The van der Waals surface area contributed by atoms with Crippen LogP contribution in [0.1, 0.15) is 16.7 Å². The standard InChI is InChI=1S/C17H19N3/c1-12-5-7-14(11-18)16(9-12)19-15-8-6-13(2)17(10-15)20(3)4/h5-10,19H,1-4H3. The highest BCUT2D eigenvalue weighted by atomic mass is 15.1. The van der Waals surface area contributed by atoms with Gasteiger partial charge in [0.2, 0.25) is 0 Å². The van der Waals surface area contributed by atoms with Crippen molar-refractivity contribution in [2.24, 2.45) is 0 Å². The summed E-state index contributed by atoms with van der Waals surface area (Å²) in [5.41, 5.74) is 6.02. The fraction of sp³-hybridized carbons (Fsp3) is 0.235. The van der Waals surface area contributed by atoms with Gasteiger partial charge in [0.1, 0.15) is 6.07 Å². The molecule has 0 aliphatic carbocycles. The van der Waals surface area contributed by atoms with Crippen LogP contribution in [-0.2, 0) is 0 Å². The van der Waals surface area contributed by atoms with Crippen molar-refractivity contribution < 1.29 is 0 Å². The zero-order chi connectivity index (χ0) is 14.7. The minimum absolute atomic E-state index is 0.655. The van der Waals surface area contributed by atoms with E-state index in [9.17, 15) is 5.26 Å². The van der Waals surface area contributed by atoms with Gasteiger partial charge in [-0.3, -0.25) is 0 Å². The van der Waals surface area contributed by atoms with Crippen LogP contribution < -0.4 is 10.2 Å². The Morgan fingerprint density at radius 2 is 1.80 bits per heavy atom. The number of anilines is 3. The summed E-state index contributed by atoms with van der Waals surface area (Å²) in [6.07, 6.45) is 0. The van der Waals surface area contributed by atoms with E-state index in [1.54, 1.807) is 0 Å². The van der Waals surface area contributed by atoms with E-state index in [1.807, 2.05) is 45.3 Å². The molecular weight excluding hydrogens is 246 g/mol. The predicted octanol–water partition coefficient (Wildman–Crippen LogP) is 3.98. The predicted molar refractivity (Wildman–Crippen MR) is 84.7 cm³/mol. The lowest BCUT2D eigenvalue weighted by molar-refractivity contribution is 1.11. The van der Waals surface area contributed by atoms with Crippen molar-refractivity contribution in [3.8, 4) is 6.07 Å². The average Bonchev–Trinajstić information content (AvgIpc) is 2.41. The summed E-state index contributed by atoms with van der Waals surface area (Å²) in [7, 11) is 4.05. The molecule has 0 aliphatic heterocycles. The molecule has 0 heterocycles. The fourth-order valence-electron chi connectivity index (χ4n) is 2.18. The van der Waals surface area contributed by atoms with Crippen molar-refractivity contribution in [2.45, 2.75) is 13.8 Å². The molecule has 3 nitrogen and oxygen atoms in total. The van der Waals surface area contributed by atoms with E-state index >= 15 is 0 Å². The summed E-state index contributed by atoms with van der Waals surface area (Å²) >= 11 is 0. The fourth-order valence-corrected chi connectivity index (χ4v) is 2.18. The van der Waals surface area contributed by atoms with Gasteiger partial charge >= 0.3 is 0 Å². The molecule has 0 fully saturated rings. The van der Waals surface area contributed by atoms with E-state index in [4.69, 9.17) is 0 Å². The number of hydrogen-bond acceptors (Lipinski definition) is 3. The van der Waals surface area contributed by atoms with Gasteiger partial charge in [0.05, 0.1) is 11.3 Å². The summed E-state index contributed by atoms with van der Waals surface area (Å²) in [6.45, 7) is 4.11. The number of aryl methyl sites for hydroxylation is 2. The van der Waals surface area contributed by atoms with E-state index in [-0.39, 0.29) is 0 Å². The van der Waals surface area contributed by atoms with Crippen LogP contribution in [0.3, 0.4) is 0 Å². The first-order valence-electron chi connectivity index (χ1n) is 6.57. The van der Waals surface area contributed by atoms with Crippen LogP contribution in [0.5, 0.6) is 0 Å². The van der Waals surface area contributed by atoms with Gasteiger partial charge in [-0.15, -0.1) is 0 Å². The highest BCUT2D eigenvalue weighted by Crippen LogP contribution is 2.27. The molecule has 2 aromatic carbocycles. The lowest BCUT2D eigenvalue weighted by Crippen LogP contribution is -2.10. The van der Waals surface area contributed by atoms with Crippen LogP contribution in [0, 0.1) is 25.2 Å². The molecule has 2 rings (SSSR count). The zero-order valence-corrected chi connectivity index (χ0v) is 12.4. The van der Waals surface area contributed by atoms with Crippen LogP contribution in [0.15, 0.2) is 36.4 Å². The molecule has 0 atom stereocenters. The zero-order valence-electron chi connectivity index (χ0n) is 12.4. The molecule has 3 heteroatoms. The van der Waals surface area contributed by atoms with Gasteiger partial charge < -0.3 is 10.2 Å². The Hall–Kier alpha value is -2.47. The molecule has 0 saturated carbocycles. The van der Waals surface area contributed by atoms with Crippen molar-refractivity contribution in [1.29, 1.82) is 5.26 Å². The second kappa shape index (κ2) is 5.66. The van der Waals surface area contributed by atoms with Gasteiger partial charge in [0, 0.05) is 25.5 Å². The molecule has 0 saturated heterocycles. The van der Waals surface area contributed by atoms with E-state index in [2.05, 4.69) is 35.3 Å².